The van der Waals surface area contributed by atoms with Crippen LogP contribution in [0.25, 0.3) is 0 Å². The predicted molar refractivity (Wildman–Crippen MR) is 77.3 cm³/mol. The molecular formula is C15H23N3O. The fourth-order valence-corrected chi connectivity index (χ4v) is 2.79. The molecule has 104 valence electrons. The Kier molecular flexibility index (Phi) is 4.08. The van der Waals surface area contributed by atoms with Crippen LogP contribution in [-0.4, -0.2) is 36.4 Å². The summed E-state index contributed by atoms with van der Waals surface area (Å²) in [5.41, 5.74) is 2.23. The standard InChI is InChI=1S/C15H23N3O/c1-11-13(8-9-15(16-11)17(3)4)14-7-5-6-10-18(14)12(2)19/h8-9,14H,5-7,10H2,1-4H3/t14-/m1/s1. The summed E-state index contributed by atoms with van der Waals surface area (Å²) in [7, 11) is 3.98. The maximum absolute atomic E-state index is 11.8. The van der Waals surface area contributed by atoms with E-state index in [4.69, 9.17) is 0 Å². The van der Waals surface area contributed by atoms with Gasteiger partial charge in [-0.15, -0.1) is 0 Å². The Morgan fingerprint density at radius 2 is 2.11 bits per heavy atom. The van der Waals surface area contributed by atoms with Crippen molar-refractivity contribution >= 4 is 11.7 Å². The van der Waals surface area contributed by atoms with Crippen molar-refractivity contribution in [1.29, 1.82) is 0 Å². The number of rotatable bonds is 2. The van der Waals surface area contributed by atoms with Gasteiger partial charge in [0.1, 0.15) is 5.82 Å². The molecule has 0 spiro atoms. The van der Waals surface area contributed by atoms with E-state index in [-0.39, 0.29) is 11.9 Å². The summed E-state index contributed by atoms with van der Waals surface area (Å²) in [6.45, 7) is 4.57. The summed E-state index contributed by atoms with van der Waals surface area (Å²) in [6, 6.07) is 4.37. The number of piperidine rings is 1. The highest BCUT2D eigenvalue weighted by Gasteiger charge is 2.27. The van der Waals surface area contributed by atoms with E-state index in [0.29, 0.717) is 0 Å². The van der Waals surface area contributed by atoms with Gasteiger partial charge in [-0.2, -0.15) is 0 Å². The van der Waals surface area contributed by atoms with E-state index in [1.54, 1.807) is 6.92 Å². The quantitative estimate of drug-likeness (QED) is 0.821. The van der Waals surface area contributed by atoms with Crippen molar-refractivity contribution in [3.05, 3.63) is 23.4 Å². The zero-order chi connectivity index (χ0) is 14.0. The molecule has 19 heavy (non-hydrogen) atoms. The van der Waals surface area contributed by atoms with Crippen LogP contribution in [0.15, 0.2) is 12.1 Å². The first-order valence-corrected chi connectivity index (χ1v) is 6.93. The normalized spacial score (nSPS) is 19.4. The van der Waals surface area contributed by atoms with Gasteiger partial charge in [-0.3, -0.25) is 4.79 Å². The Labute approximate surface area is 115 Å². The molecule has 0 saturated carbocycles. The third kappa shape index (κ3) is 2.88. The molecule has 1 amide bonds. The highest BCUT2D eigenvalue weighted by atomic mass is 16.2. The Morgan fingerprint density at radius 1 is 1.37 bits per heavy atom. The van der Waals surface area contributed by atoms with Gasteiger partial charge >= 0.3 is 0 Å². The van der Waals surface area contributed by atoms with Crippen molar-refractivity contribution in [2.45, 2.75) is 39.2 Å². The molecule has 0 aromatic carbocycles. The number of likely N-dealkylation sites (tertiary alicyclic amines) is 1. The van der Waals surface area contributed by atoms with Gasteiger partial charge in [-0.25, -0.2) is 4.98 Å². The van der Waals surface area contributed by atoms with E-state index < -0.39 is 0 Å². The van der Waals surface area contributed by atoms with Crippen molar-refractivity contribution < 1.29 is 4.79 Å². The number of pyridine rings is 1. The summed E-state index contributed by atoms with van der Waals surface area (Å²) < 4.78 is 0. The molecule has 1 aromatic rings. The second-order valence-corrected chi connectivity index (χ2v) is 5.46. The molecule has 0 radical (unpaired) electrons. The van der Waals surface area contributed by atoms with Gasteiger partial charge in [0.05, 0.1) is 6.04 Å². The van der Waals surface area contributed by atoms with Crippen LogP contribution in [-0.2, 0) is 4.79 Å². The molecule has 2 rings (SSSR count). The lowest BCUT2D eigenvalue weighted by atomic mass is 9.94. The average molecular weight is 261 g/mol. The monoisotopic (exact) mass is 261 g/mol. The predicted octanol–water partition coefficient (Wildman–Crippen LogP) is 2.53. The highest BCUT2D eigenvalue weighted by Crippen LogP contribution is 2.32. The number of anilines is 1. The van der Waals surface area contributed by atoms with E-state index in [9.17, 15) is 4.79 Å². The molecule has 4 heteroatoms. The van der Waals surface area contributed by atoms with E-state index in [1.807, 2.05) is 36.9 Å². The van der Waals surface area contributed by atoms with Crippen LogP contribution < -0.4 is 4.90 Å². The maximum atomic E-state index is 11.8. The number of amides is 1. The Hall–Kier alpha value is -1.58. The van der Waals surface area contributed by atoms with Crippen LogP contribution in [0.4, 0.5) is 5.82 Å². The van der Waals surface area contributed by atoms with Crippen molar-refractivity contribution in [2.75, 3.05) is 25.5 Å². The van der Waals surface area contributed by atoms with Crippen LogP contribution in [0.2, 0.25) is 0 Å². The van der Waals surface area contributed by atoms with E-state index in [1.165, 1.54) is 12.0 Å². The van der Waals surface area contributed by atoms with Gasteiger partial charge in [-0.1, -0.05) is 6.07 Å². The molecule has 1 aliphatic heterocycles. The number of aryl methyl sites for hydroxylation is 1. The largest absolute Gasteiger partial charge is 0.363 e. The molecule has 1 aliphatic rings. The maximum Gasteiger partial charge on any atom is 0.219 e. The lowest BCUT2D eigenvalue weighted by Crippen LogP contribution is -2.37. The molecule has 1 aromatic heterocycles. The Bertz CT molecular complexity index is 470. The van der Waals surface area contributed by atoms with Crippen LogP contribution in [0.1, 0.15) is 43.5 Å². The second-order valence-electron chi connectivity index (χ2n) is 5.46. The van der Waals surface area contributed by atoms with Gasteiger partial charge in [0.25, 0.3) is 0 Å². The zero-order valence-electron chi connectivity index (χ0n) is 12.3. The lowest BCUT2D eigenvalue weighted by Gasteiger charge is -2.36. The minimum absolute atomic E-state index is 0.167. The SMILES string of the molecule is CC(=O)N1CCCC[C@@H]1c1ccc(N(C)C)nc1C. The smallest absolute Gasteiger partial charge is 0.219 e. The van der Waals surface area contributed by atoms with Crippen LogP contribution >= 0.6 is 0 Å². The summed E-state index contributed by atoms with van der Waals surface area (Å²) >= 11 is 0. The Balaban J connectivity index is 2.31. The fraction of sp³-hybridized carbons (Fsp3) is 0.600. The zero-order valence-corrected chi connectivity index (χ0v) is 12.3. The van der Waals surface area contributed by atoms with Crippen molar-refractivity contribution in [3.63, 3.8) is 0 Å². The third-order valence-electron chi connectivity index (χ3n) is 3.84. The summed E-state index contributed by atoms with van der Waals surface area (Å²) in [5.74, 6) is 1.13. The van der Waals surface area contributed by atoms with Gasteiger partial charge < -0.3 is 9.80 Å². The van der Waals surface area contributed by atoms with Gasteiger partial charge in [0.15, 0.2) is 0 Å². The van der Waals surface area contributed by atoms with Crippen molar-refractivity contribution in [1.82, 2.24) is 9.88 Å². The number of aromatic nitrogens is 1. The number of hydrogen-bond acceptors (Lipinski definition) is 3. The van der Waals surface area contributed by atoms with E-state index >= 15 is 0 Å². The van der Waals surface area contributed by atoms with Crippen LogP contribution in [0.3, 0.4) is 0 Å². The molecule has 4 nitrogen and oxygen atoms in total. The van der Waals surface area contributed by atoms with Crippen LogP contribution in [0, 0.1) is 6.92 Å². The Morgan fingerprint density at radius 3 is 2.68 bits per heavy atom. The number of carbonyl (C=O) groups is 1. The molecule has 0 aliphatic carbocycles. The van der Waals surface area contributed by atoms with Crippen molar-refractivity contribution in [2.24, 2.45) is 0 Å². The first kappa shape index (κ1) is 13.8. The molecule has 1 saturated heterocycles. The molecular weight excluding hydrogens is 238 g/mol. The summed E-state index contributed by atoms with van der Waals surface area (Å²) in [4.78, 5) is 20.4. The molecule has 1 fully saturated rings. The van der Waals surface area contributed by atoms with Crippen LogP contribution in [0.5, 0.6) is 0 Å². The molecule has 0 bridgehead atoms. The summed E-state index contributed by atoms with van der Waals surface area (Å²) in [5, 5.41) is 0. The lowest BCUT2D eigenvalue weighted by molar-refractivity contribution is -0.132. The first-order chi connectivity index (χ1) is 9.00. The second kappa shape index (κ2) is 5.59. The average Bonchev–Trinajstić information content (AvgIpc) is 2.38. The van der Waals surface area contributed by atoms with Gasteiger partial charge in [-0.05, 0) is 37.8 Å². The number of carbonyl (C=O) groups excluding carboxylic acids is 1. The van der Waals surface area contributed by atoms with E-state index in [2.05, 4.69) is 11.1 Å². The van der Waals surface area contributed by atoms with Gasteiger partial charge in [0.2, 0.25) is 5.91 Å². The van der Waals surface area contributed by atoms with Crippen molar-refractivity contribution in [3.8, 4) is 0 Å². The third-order valence-corrected chi connectivity index (χ3v) is 3.84. The molecule has 1 atom stereocenters. The molecule has 0 unspecified atom stereocenters. The first-order valence-electron chi connectivity index (χ1n) is 6.93. The summed E-state index contributed by atoms with van der Waals surface area (Å²) in [6.07, 6.45) is 3.34. The molecule has 2 heterocycles. The van der Waals surface area contributed by atoms with E-state index in [0.717, 1.165) is 30.9 Å². The molecule has 0 N–H and O–H groups in total. The minimum atomic E-state index is 0.167. The minimum Gasteiger partial charge on any atom is -0.363 e. The topological polar surface area (TPSA) is 36.4 Å². The fourth-order valence-electron chi connectivity index (χ4n) is 2.79. The van der Waals surface area contributed by atoms with Gasteiger partial charge in [0, 0.05) is 33.3 Å². The highest BCUT2D eigenvalue weighted by molar-refractivity contribution is 5.74. The number of hydrogen-bond donors (Lipinski definition) is 0. The number of nitrogens with zero attached hydrogens (tertiary/aromatic N) is 3.